The van der Waals surface area contributed by atoms with Gasteiger partial charge in [0.1, 0.15) is 11.3 Å². The lowest BCUT2D eigenvalue weighted by atomic mass is 10.0. The average molecular weight is 430 g/mol. The Balaban J connectivity index is 1.53. The number of amides is 2. The molecule has 2 aliphatic rings. The van der Waals surface area contributed by atoms with Crippen LogP contribution in [0.3, 0.4) is 0 Å². The quantitative estimate of drug-likeness (QED) is 0.784. The van der Waals surface area contributed by atoms with Crippen LogP contribution in [0.25, 0.3) is 5.52 Å². The van der Waals surface area contributed by atoms with E-state index in [1.807, 2.05) is 37.8 Å². The van der Waals surface area contributed by atoms with Crippen LogP contribution in [0, 0.1) is 0 Å². The number of nitrogens with two attached hydrogens (primary N) is 1. The largest absolute Gasteiger partial charge is 0.480 e. The van der Waals surface area contributed by atoms with Crippen molar-refractivity contribution in [1.29, 1.82) is 0 Å². The maximum atomic E-state index is 12.8. The lowest BCUT2D eigenvalue weighted by molar-refractivity contribution is 0.0114. The Morgan fingerprint density at radius 1 is 1.13 bits per heavy atom. The molecular weight excluding hydrogens is 398 g/mol. The molecule has 31 heavy (non-hydrogen) atoms. The molecule has 9 nitrogen and oxygen atoms in total. The van der Waals surface area contributed by atoms with Gasteiger partial charge in [0.15, 0.2) is 0 Å². The van der Waals surface area contributed by atoms with E-state index in [1.54, 1.807) is 17.7 Å². The van der Waals surface area contributed by atoms with Gasteiger partial charge in [-0.15, -0.1) is 5.10 Å². The molecule has 0 bridgehead atoms. The van der Waals surface area contributed by atoms with Crippen LogP contribution in [-0.4, -0.2) is 64.4 Å². The first kappa shape index (κ1) is 21.3. The predicted octanol–water partition coefficient (Wildman–Crippen LogP) is 2.81. The summed E-state index contributed by atoms with van der Waals surface area (Å²) < 4.78 is 12.5. The van der Waals surface area contributed by atoms with Crippen LogP contribution in [0.5, 0.6) is 5.88 Å². The van der Waals surface area contributed by atoms with E-state index in [0.717, 1.165) is 50.0 Å². The van der Waals surface area contributed by atoms with Gasteiger partial charge in [-0.2, -0.15) is 0 Å². The van der Waals surface area contributed by atoms with Crippen LogP contribution in [-0.2, 0) is 4.74 Å². The van der Waals surface area contributed by atoms with Gasteiger partial charge in [0.05, 0.1) is 18.3 Å². The Bertz CT molecular complexity index is 984. The van der Waals surface area contributed by atoms with Crippen LogP contribution in [0.1, 0.15) is 56.9 Å². The normalized spacial score (nSPS) is 17.6. The molecule has 0 aromatic carbocycles. The fraction of sp³-hybridized carbons (Fsp3) is 0.591. The van der Waals surface area contributed by atoms with E-state index >= 15 is 0 Å². The fourth-order valence-corrected chi connectivity index (χ4v) is 4.24. The summed E-state index contributed by atoms with van der Waals surface area (Å²) in [6.07, 6.45) is 3.59. The van der Waals surface area contributed by atoms with Crippen molar-refractivity contribution >= 4 is 23.2 Å². The van der Waals surface area contributed by atoms with Gasteiger partial charge < -0.3 is 25.0 Å². The highest BCUT2D eigenvalue weighted by molar-refractivity contribution is 5.93. The Kier molecular flexibility index (Phi) is 5.45. The Morgan fingerprint density at radius 2 is 1.77 bits per heavy atom. The van der Waals surface area contributed by atoms with Gasteiger partial charge in [-0.3, -0.25) is 4.79 Å². The van der Waals surface area contributed by atoms with E-state index in [9.17, 15) is 9.59 Å². The molecule has 3 heterocycles. The maximum absolute atomic E-state index is 12.8. The molecule has 1 saturated carbocycles. The van der Waals surface area contributed by atoms with E-state index < -0.39 is 11.5 Å². The monoisotopic (exact) mass is 429 g/mol. The second-order valence-corrected chi connectivity index (χ2v) is 9.29. The van der Waals surface area contributed by atoms with E-state index in [0.29, 0.717) is 17.6 Å². The zero-order chi connectivity index (χ0) is 22.3. The molecule has 1 saturated heterocycles. The van der Waals surface area contributed by atoms with Gasteiger partial charge in [0, 0.05) is 31.2 Å². The molecule has 2 amide bonds. The van der Waals surface area contributed by atoms with E-state index in [2.05, 4.69) is 10.00 Å². The Labute approximate surface area is 182 Å². The van der Waals surface area contributed by atoms with Crippen molar-refractivity contribution in [2.45, 2.75) is 64.1 Å². The van der Waals surface area contributed by atoms with Crippen LogP contribution in [0.15, 0.2) is 18.2 Å². The van der Waals surface area contributed by atoms with Crippen LogP contribution >= 0.6 is 0 Å². The van der Waals surface area contributed by atoms with E-state index in [-0.39, 0.29) is 12.1 Å². The number of hydrogen-bond donors (Lipinski definition) is 1. The second-order valence-electron chi connectivity index (χ2n) is 9.29. The van der Waals surface area contributed by atoms with Crippen molar-refractivity contribution in [2.75, 3.05) is 25.1 Å². The molecule has 2 fully saturated rings. The van der Waals surface area contributed by atoms with Crippen LogP contribution in [0.4, 0.5) is 10.5 Å². The lowest BCUT2D eigenvalue weighted by Crippen LogP contribution is -2.50. The predicted molar refractivity (Wildman–Crippen MR) is 117 cm³/mol. The highest BCUT2D eigenvalue weighted by Crippen LogP contribution is 2.35. The van der Waals surface area contributed by atoms with Crippen molar-refractivity contribution in [2.24, 2.45) is 5.73 Å². The average Bonchev–Trinajstić information content (AvgIpc) is 3.42. The first-order valence-corrected chi connectivity index (χ1v) is 10.8. The summed E-state index contributed by atoms with van der Waals surface area (Å²) in [5.41, 5.74) is 7.06. The SMILES string of the molecule is COc1cc2c(N3CCC(N(C(=O)OC(C)(C)C)C4CC4)CC3)ccc(C(N)=O)n2n1. The smallest absolute Gasteiger partial charge is 0.410 e. The van der Waals surface area contributed by atoms with Gasteiger partial charge >= 0.3 is 6.09 Å². The third-order valence-electron chi connectivity index (χ3n) is 5.78. The van der Waals surface area contributed by atoms with Crippen LogP contribution < -0.4 is 15.4 Å². The number of anilines is 1. The van der Waals surface area contributed by atoms with Gasteiger partial charge in [-0.1, -0.05) is 0 Å². The molecule has 4 rings (SSSR count). The van der Waals surface area contributed by atoms with Crippen molar-refractivity contribution in [3.05, 3.63) is 23.9 Å². The third kappa shape index (κ3) is 4.40. The standard InChI is InChI=1S/C22H31N5O4/c1-22(2,3)31-21(29)26(14-5-6-14)15-9-11-25(12-10-15)16-7-8-17(20(23)28)27-18(16)13-19(24-27)30-4/h7-8,13-15H,5-6,9-12H2,1-4H3,(H2,23,28). The zero-order valence-electron chi connectivity index (χ0n) is 18.6. The molecule has 0 spiro atoms. The van der Waals surface area contributed by atoms with Crippen molar-refractivity contribution in [1.82, 2.24) is 14.5 Å². The first-order valence-electron chi connectivity index (χ1n) is 10.8. The molecule has 2 aromatic rings. The molecule has 0 atom stereocenters. The number of primary amides is 1. The van der Waals surface area contributed by atoms with Crippen molar-refractivity contribution in [3.8, 4) is 5.88 Å². The Hall–Kier alpha value is -2.97. The zero-order valence-corrected chi connectivity index (χ0v) is 18.6. The topological polar surface area (TPSA) is 102 Å². The molecule has 0 radical (unpaired) electrons. The number of pyridine rings is 1. The van der Waals surface area contributed by atoms with Gasteiger partial charge in [0.2, 0.25) is 5.88 Å². The molecule has 2 N–H and O–H groups in total. The number of aromatic nitrogens is 2. The van der Waals surface area contributed by atoms with Gasteiger partial charge in [0.25, 0.3) is 5.91 Å². The number of fused-ring (bicyclic) bond motifs is 1. The molecule has 168 valence electrons. The molecule has 1 aliphatic heterocycles. The van der Waals surface area contributed by atoms with Crippen molar-refractivity contribution < 1.29 is 19.1 Å². The Morgan fingerprint density at radius 3 is 2.32 bits per heavy atom. The molecule has 0 unspecified atom stereocenters. The van der Waals surface area contributed by atoms with Gasteiger partial charge in [-0.05, 0) is 58.6 Å². The number of rotatable bonds is 5. The first-order chi connectivity index (χ1) is 14.7. The summed E-state index contributed by atoms with van der Waals surface area (Å²) in [6, 6.07) is 5.88. The number of piperidine rings is 1. The number of hydrogen-bond acceptors (Lipinski definition) is 6. The summed E-state index contributed by atoms with van der Waals surface area (Å²) in [4.78, 5) is 28.9. The highest BCUT2D eigenvalue weighted by atomic mass is 16.6. The summed E-state index contributed by atoms with van der Waals surface area (Å²) >= 11 is 0. The number of nitrogens with zero attached hydrogens (tertiary/aromatic N) is 4. The summed E-state index contributed by atoms with van der Waals surface area (Å²) in [5, 5.41) is 4.34. The summed E-state index contributed by atoms with van der Waals surface area (Å²) in [7, 11) is 1.54. The lowest BCUT2D eigenvalue weighted by Gasteiger charge is -2.40. The minimum atomic E-state index is -0.543. The van der Waals surface area contributed by atoms with Gasteiger partial charge in [-0.25, -0.2) is 9.31 Å². The summed E-state index contributed by atoms with van der Waals surface area (Å²) in [5.74, 6) is -0.117. The number of carbonyl (C=O) groups is 2. The second kappa shape index (κ2) is 7.94. The number of carbonyl (C=O) groups excluding carboxylic acids is 2. The molecule has 9 heteroatoms. The third-order valence-corrected chi connectivity index (χ3v) is 5.78. The number of ether oxygens (including phenoxy) is 2. The molecule has 1 aliphatic carbocycles. The molecular formula is C22H31N5O4. The van der Waals surface area contributed by atoms with E-state index in [1.165, 1.54) is 0 Å². The molecule has 2 aromatic heterocycles. The maximum Gasteiger partial charge on any atom is 0.410 e. The number of methoxy groups -OCH3 is 1. The minimum Gasteiger partial charge on any atom is -0.480 e. The summed E-state index contributed by atoms with van der Waals surface area (Å²) in [6.45, 7) is 7.28. The highest BCUT2D eigenvalue weighted by Gasteiger charge is 2.40. The minimum absolute atomic E-state index is 0.166. The van der Waals surface area contributed by atoms with Crippen LogP contribution in [0.2, 0.25) is 0 Å². The fourth-order valence-electron chi connectivity index (χ4n) is 4.24. The van der Waals surface area contributed by atoms with Crippen molar-refractivity contribution in [3.63, 3.8) is 0 Å². The van der Waals surface area contributed by atoms with E-state index in [4.69, 9.17) is 15.2 Å².